The van der Waals surface area contributed by atoms with Crippen molar-refractivity contribution >= 4 is 34.9 Å². The molecule has 8 heteroatoms. The molecule has 2 aromatic carbocycles. The SMILES string of the molecule is Cc1onc(-c2ccccc2)c1C(=O)Nc1ccnn1Cc1c(Cl)cccc1Cl. The number of carbonyl (C=O) groups is 1. The van der Waals surface area contributed by atoms with Crippen LogP contribution in [0.5, 0.6) is 0 Å². The van der Waals surface area contributed by atoms with Gasteiger partial charge in [0.05, 0.1) is 12.7 Å². The number of anilines is 1. The molecule has 0 radical (unpaired) electrons. The van der Waals surface area contributed by atoms with E-state index in [0.29, 0.717) is 39.4 Å². The summed E-state index contributed by atoms with van der Waals surface area (Å²) in [5.41, 5.74) is 2.38. The number of hydrogen-bond donors (Lipinski definition) is 1. The highest BCUT2D eigenvalue weighted by atomic mass is 35.5. The molecule has 29 heavy (non-hydrogen) atoms. The maximum atomic E-state index is 13.0. The number of nitrogens with zero attached hydrogens (tertiary/aromatic N) is 3. The molecule has 2 aromatic heterocycles. The average Bonchev–Trinajstić information content (AvgIpc) is 3.31. The van der Waals surface area contributed by atoms with Crippen molar-refractivity contribution in [1.29, 1.82) is 0 Å². The molecule has 0 atom stereocenters. The van der Waals surface area contributed by atoms with Crippen molar-refractivity contribution < 1.29 is 9.32 Å². The number of aromatic nitrogens is 3. The van der Waals surface area contributed by atoms with Crippen LogP contribution in [0.1, 0.15) is 21.7 Å². The van der Waals surface area contributed by atoms with Crippen LogP contribution in [-0.2, 0) is 6.54 Å². The van der Waals surface area contributed by atoms with Crippen molar-refractivity contribution in [3.8, 4) is 11.3 Å². The number of hydrogen-bond acceptors (Lipinski definition) is 4. The largest absolute Gasteiger partial charge is 0.360 e. The fourth-order valence-corrected chi connectivity index (χ4v) is 3.53. The van der Waals surface area contributed by atoms with Crippen LogP contribution in [0, 0.1) is 6.92 Å². The minimum Gasteiger partial charge on any atom is -0.360 e. The molecular weight excluding hydrogens is 411 g/mol. The Labute approximate surface area is 177 Å². The maximum absolute atomic E-state index is 13.0. The first-order valence-electron chi connectivity index (χ1n) is 8.82. The van der Waals surface area contributed by atoms with E-state index in [1.807, 2.05) is 30.3 Å². The second kappa shape index (κ2) is 8.11. The van der Waals surface area contributed by atoms with Crippen LogP contribution in [0.25, 0.3) is 11.3 Å². The van der Waals surface area contributed by atoms with Crippen LogP contribution < -0.4 is 5.32 Å². The lowest BCUT2D eigenvalue weighted by molar-refractivity contribution is 0.102. The van der Waals surface area contributed by atoms with E-state index in [1.165, 1.54) is 0 Å². The van der Waals surface area contributed by atoms with Crippen molar-refractivity contribution in [3.63, 3.8) is 0 Å². The second-order valence-corrected chi connectivity index (χ2v) is 7.17. The van der Waals surface area contributed by atoms with E-state index < -0.39 is 0 Å². The highest BCUT2D eigenvalue weighted by Gasteiger charge is 2.22. The first-order valence-corrected chi connectivity index (χ1v) is 9.58. The standard InChI is InChI=1S/C21H16Cl2N4O2/c1-13-19(20(26-29-13)14-6-3-2-4-7-14)21(28)25-18-10-11-24-27(18)12-15-16(22)8-5-9-17(15)23/h2-11H,12H2,1H3,(H,25,28). The smallest absolute Gasteiger partial charge is 0.262 e. The molecule has 0 aliphatic carbocycles. The topological polar surface area (TPSA) is 73.0 Å². The van der Waals surface area contributed by atoms with Gasteiger partial charge in [-0.1, -0.05) is 64.8 Å². The van der Waals surface area contributed by atoms with Crippen molar-refractivity contribution in [2.45, 2.75) is 13.5 Å². The lowest BCUT2D eigenvalue weighted by Crippen LogP contribution is -2.17. The Morgan fingerprint density at radius 3 is 2.52 bits per heavy atom. The highest BCUT2D eigenvalue weighted by molar-refractivity contribution is 6.36. The van der Waals surface area contributed by atoms with E-state index in [-0.39, 0.29) is 5.91 Å². The summed E-state index contributed by atoms with van der Waals surface area (Å²) >= 11 is 12.5. The van der Waals surface area contributed by atoms with Gasteiger partial charge in [-0.05, 0) is 19.1 Å². The van der Waals surface area contributed by atoms with E-state index in [1.54, 1.807) is 42.1 Å². The van der Waals surface area contributed by atoms with Crippen molar-refractivity contribution in [3.05, 3.63) is 87.7 Å². The summed E-state index contributed by atoms with van der Waals surface area (Å²) in [5.74, 6) is 0.599. The molecule has 0 bridgehead atoms. The molecule has 6 nitrogen and oxygen atoms in total. The van der Waals surface area contributed by atoms with Gasteiger partial charge in [0.1, 0.15) is 22.8 Å². The molecular formula is C21H16Cl2N4O2. The first-order chi connectivity index (χ1) is 14.0. The quantitative estimate of drug-likeness (QED) is 0.460. The van der Waals surface area contributed by atoms with E-state index >= 15 is 0 Å². The van der Waals surface area contributed by atoms with Gasteiger partial charge in [-0.15, -0.1) is 0 Å². The summed E-state index contributed by atoms with van der Waals surface area (Å²) in [7, 11) is 0. The second-order valence-electron chi connectivity index (χ2n) is 6.36. The molecule has 1 amide bonds. The first kappa shape index (κ1) is 19.2. The maximum Gasteiger partial charge on any atom is 0.262 e. The summed E-state index contributed by atoms with van der Waals surface area (Å²) in [6.07, 6.45) is 1.60. The molecule has 1 N–H and O–H groups in total. The molecule has 0 saturated carbocycles. The van der Waals surface area contributed by atoms with Gasteiger partial charge in [-0.3, -0.25) is 4.79 Å². The van der Waals surface area contributed by atoms with E-state index in [2.05, 4.69) is 15.6 Å². The normalized spacial score (nSPS) is 10.9. The van der Waals surface area contributed by atoms with Gasteiger partial charge in [-0.2, -0.15) is 5.10 Å². The summed E-state index contributed by atoms with van der Waals surface area (Å²) in [6, 6.07) is 16.4. The Hall–Kier alpha value is -3.09. The summed E-state index contributed by atoms with van der Waals surface area (Å²) < 4.78 is 6.90. The predicted octanol–water partition coefficient (Wildman–Crippen LogP) is 5.45. The van der Waals surface area contributed by atoms with Gasteiger partial charge in [-0.25, -0.2) is 4.68 Å². The number of benzene rings is 2. The van der Waals surface area contributed by atoms with Crippen LogP contribution in [0.2, 0.25) is 10.0 Å². The van der Waals surface area contributed by atoms with Crippen LogP contribution in [0.4, 0.5) is 5.82 Å². The molecule has 4 aromatic rings. The van der Waals surface area contributed by atoms with Crippen LogP contribution in [0.15, 0.2) is 65.3 Å². The third-order valence-corrected chi connectivity index (χ3v) is 5.17. The third-order valence-electron chi connectivity index (χ3n) is 4.46. The molecule has 0 unspecified atom stereocenters. The van der Waals surface area contributed by atoms with Crippen molar-refractivity contribution in [2.75, 3.05) is 5.32 Å². The number of halogens is 2. The van der Waals surface area contributed by atoms with E-state index in [9.17, 15) is 4.79 Å². The molecule has 0 aliphatic rings. The average molecular weight is 427 g/mol. The van der Waals surface area contributed by atoms with Crippen LogP contribution in [0.3, 0.4) is 0 Å². The zero-order chi connectivity index (χ0) is 20.4. The lowest BCUT2D eigenvalue weighted by Gasteiger charge is -2.11. The van der Waals surface area contributed by atoms with Crippen molar-refractivity contribution in [1.82, 2.24) is 14.9 Å². The van der Waals surface area contributed by atoms with Gasteiger partial charge in [0.2, 0.25) is 0 Å². The molecule has 0 fully saturated rings. The summed E-state index contributed by atoms with van der Waals surface area (Å²) in [6.45, 7) is 2.02. The Balaban J connectivity index is 1.62. The van der Waals surface area contributed by atoms with Crippen LogP contribution in [-0.4, -0.2) is 20.8 Å². The Morgan fingerprint density at radius 1 is 1.07 bits per heavy atom. The fourth-order valence-electron chi connectivity index (χ4n) is 3.01. The molecule has 2 heterocycles. The highest BCUT2D eigenvalue weighted by Crippen LogP contribution is 2.28. The van der Waals surface area contributed by atoms with Gasteiger partial charge < -0.3 is 9.84 Å². The van der Waals surface area contributed by atoms with Gasteiger partial charge >= 0.3 is 0 Å². The Morgan fingerprint density at radius 2 is 1.79 bits per heavy atom. The fraction of sp³-hybridized carbons (Fsp3) is 0.0952. The Kier molecular flexibility index (Phi) is 5.38. The minimum atomic E-state index is -0.338. The zero-order valence-corrected chi connectivity index (χ0v) is 16.9. The van der Waals surface area contributed by atoms with Gasteiger partial charge in [0, 0.05) is 27.2 Å². The molecule has 4 rings (SSSR count). The van der Waals surface area contributed by atoms with Crippen LogP contribution >= 0.6 is 23.2 Å². The van der Waals surface area contributed by atoms with Crippen molar-refractivity contribution in [2.24, 2.45) is 0 Å². The monoisotopic (exact) mass is 426 g/mol. The Bertz CT molecular complexity index is 1150. The van der Waals surface area contributed by atoms with E-state index in [4.69, 9.17) is 27.7 Å². The zero-order valence-electron chi connectivity index (χ0n) is 15.4. The van der Waals surface area contributed by atoms with Gasteiger partial charge in [0.15, 0.2) is 0 Å². The number of aryl methyl sites for hydroxylation is 1. The number of rotatable bonds is 5. The minimum absolute atomic E-state index is 0.315. The summed E-state index contributed by atoms with van der Waals surface area (Å²) in [4.78, 5) is 13.0. The molecule has 146 valence electrons. The molecule has 0 spiro atoms. The third kappa shape index (κ3) is 3.90. The molecule has 0 aliphatic heterocycles. The van der Waals surface area contributed by atoms with E-state index in [0.717, 1.165) is 11.1 Å². The number of nitrogens with one attached hydrogen (secondary N) is 1. The molecule has 0 saturated heterocycles. The number of carbonyl (C=O) groups excluding carboxylic acids is 1. The summed E-state index contributed by atoms with van der Waals surface area (Å²) in [5, 5.41) is 12.3. The lowest BCUT2D eigenvalue weighted by atomic mass is 10.1. The van der Waals surface area contributed by atoms with Gasteiger partial charge in [0.25, 0.3) is 5.91 Å². The predicted molar refractivity (Wildman–Crippen MR) is 112 cm³/mol. The number of amides is 1.